The summed E-state index contributed by atoms with van der Waals surface area (Å²) in [5, 5.41) is 41.4. The molecule has 11 N–H and O–H groups in total. The molecule has 16 aromatic heterocycles. The number of pyridine rings is 8. The minimum Gasteiger partial charge on any atom is -0.337 e. The van der Waals surface area contributed by atoms with Crippen LogP contribution in [0.5, 0.6) is 0 Å². The number of ketones is 1. The highest BCUT2D eigenvalue weighted by Crippen LogP contribution is 2.42. The first kappa shape index (κ1) is 92.5. The van der Waals surface area contributed by atoms with Crippen molar-refractivity contribution < 1.29 is 36.7 Å². The van der Waals surface area contributed by atoms with Gasteiger partial charge in [-0.25, -0.2) is 57.4 Å². The van der Waals surface area contributed by atoms with Gasteiger partial charge in [0.25, 0.3) is 0 Å². The normalized spacial score (nSPS) is 11.9. The second-order valence-corrected chi connectivity index (χ2v) is 35.9. The Bertz CT molecular complexity index is 8970. The molecule has 8 aromatic carbocycles. The van der Waals surface area contributed by atoms with Crippen molar-refractivity contribution in [1.29, 1.82) is 0 Å². The quantitative estimate of drug-likeness (QED) is 0.0298. The maximum atomic E-state index is 14.5. The number of carbonyl (C=O) groups is 4. The lowest BCUT2D eigenvalue weighted by Crippen LogP contribution is -2.17. The molecule has 0 atom stereocenters. The van der Waals surface area contributed by atoms with E-state index in [1.54, 1.807) is 111 Å². The second kappa shape index (κ2) is 39.5. The van der Waals surface area contributed by atoms with Crippen LogP contribution in [0.4, 0.5) is 34.6 Å². The minimum atomic E-state index is -0.305. The predicted octanol–water partition coefficient (Wildman–Crippen LogP) is 23.5. The van der Waals surface area contributed by atoms with Crippen LogP contribution in [0.3, 0.4) is 0 Å². The molecule has 0 unspecified atom stereocenters. The van der Waals surface area contributed by atoms with Gasteiger partial charge in [0.15, 0.2) is 45.9 Å². The first-order valence-corrected chi connectivity index (χ1v) is 47.3. The summed E-state index contributed by atoms with van der Waals surface area (Å²) in [6.45, 7) is 9.20. The Morgan fingerprint density at radius 2 is 0.653 bits per heavy atom. The fourth-order valence-electron chi connectivity index (χ4n) is 17.3. The van der Waals surface area contributed by atoms with E-state index in [1.807, 2.05) is 180 Å². The van der Waals surface area contributed by atoms with Gasteiger partial charge in [-0.1, -0.05) is 150 Å². The molecule has 0 bridgehead atoms. The topological polar surface area (TPSA) is 437 Å². The number of fused-ring (bicyclic) bond motifs is 8. The van der Waals surface area contributed by atoms with Gasteiger partial charge in [-0.2, -0.15) is 20.4 Å². The second-order valence-electron chi connectivity index (χ2n) is 35.9. The largest absolute Gasteiger partial charge is 0.337 e. The first-order valence-electron chi connectivity index (χ1n) is 47.3. The van der Waals surface area contributed by atoms with Crippen molar-refractivity contribution in [2.45, 2.75) is 60.3 Å². The number of benzene rings is 8. The summed E-state index contributed by atoms with van der Waals surface area (Å²) in [6, 6.07) is 66.4. The number of aromatic nitrogens is 24. The van der Waals surface area contributed by atoms with E-state index in [4.69, 9.17) is 19.9 Å². The Morgan fingerprint density at radius 1 is 0.327 bits per heavy atom. The molecule has 1 fully saturated rings. The van der Waals surface area contributed by atoms with E-state index < -0.39 is 0 Å². The zero-order valence-electron chi connectivity index (χ0n) is 79.1. The third-order valence-corrected chi connectivity index (χ3v) is 25.2. The first-order chi connectivity index (χ1) is 71.7. The van der Waals surface area contributed by atoms with Gasteiger partial charge < -0.3 is 35.9 Å². The van der Waals surface area contributed by atoms with Gasteiger partial charge in [-0.15, -0.1) is 0 Å². The van der Waals surface area contributed by atoms with Crippen molar-refractivity contribution in [2.24, 2.45) is 17.8 Å². The number of aromatic amines is 8. The van der Waals surface area contributed by atoms with Crippen LogP contribution in [0.2, 0.25) is 0 Å². The summed E-state index contributed by atoms with van der Waals surface area (Å²) >= 11 is 0. The average Bonchev–Trinajstić information content (AvgIpc) is 1.62. The van der Waals surface area contributed by atoms with Crippen molar-refractivity contribution in [3.63, 3.8) is 0 Å². The smallest absolute Gasteiger partial charge is 0.227 e. The van der Waals surface area contributed by atoms with Crippen LogP contribution in [0.1, 0.15) is 59.6 Å². The standard InChI is InChI=1S/C28H20FN7O.2C28H22FN7O.C28H21FN6O/c29-19-4-1-3-16(9-19)21-5-2-6-23-24(21)34-27(33-23)25-22-11-18(13-31-26(22)36-35-25)17-10-20(14-30-12-17)32-28(37)15-7-8-15;1-15(2)28(37)32-20-10-17(12-30-14-20)18-11-22-25(35-36-26(22)31-13-18)27-33-23-8-4-7-21(24(23)34-27)16-5-3-6-19(29)9-16;1-15(2)28(37)32-18-10-16(12-30-14-18)17-11-21-25(35-36-26(21)31-13-17)27-33-23-9-5-7-20(24(23)34-27)19-6-3-4-8-22(19)29;1-2-19(36)13-18-11-10-16(14-30-18)17-12-22-26(34-35-27(22)31-15-17)28-32-24-9-5-7-21(25(24)33-28)20-6-3-4-8-23(20)29/h1-6,9-15H,7-8H2,(H,32,37)(H,33,34)(H,31,35,36);2*3-15H,1-2H3,(H,32,37)(H,33,34)(H,31,35,36);3-12,14-15H,2,13H2,1H3,(H,32,33)(H,31,34,35). The Balaban J connectivity index is 0.000000111. The van der Waals surface area contributed by atoms with Crippen LogP contribution < -0.4 is 16.0 Å². The van der Waals surface area contributed by atoms with E-state index in [2.05, 4.69) is 117 Å². The molecule has 0 aliphatic heterocycles. The molecule has 720 valence electrons. The number of H-pyrrole nitrogens is 8. The van der Waals surface area contributed by atoms with Crippen molar-refractivity contribution in [3.05, 3.63) is 322 Å². The number of Topliss-reactive ketones (excluding diaryl/α,β-unsaturated/α-hetero) is 1. The van der Waals surface area contributed by atoms with Gasteiger partial charge in [0, 0.05) is 164 Å². The fraction of sp³-hybridized carbons (Fsp3) is 0.107. The van der Waals surface area contributed by atoms with E-state index in [9.17, 15) is 36.7 Å². The molecular formula is C112H85F4N27O4. The molecule has 25 rings (SSSR count). The number of amides is 3. The highest BCUT2D eigenvalue weighted by Gasteiger charge is 2.31. The number of nitrogens with one attached hydrogen (secondary N) is 11. The Hall–Kier alpha value is -19.5. The zero-order valence-corrected chi connectivity index (χ0v) is 79.1. The number of halogens is 4. The molecule has 3 amide bonds. The molecule has 0 saturated heterocycles. The maximum absolute atomic E-state index is 14.5. The maximum Gasteiger partial charge on any atom is 0.227 e. The van der Waals surface area contributed by atoms with Crippen molar-refractivity contribution in [3.8, 4) is 135 Å². The third-order valence-electron chi connectivity index (χ3n) is 25.2. The molecule has 35 heteroatoms. The summed E-state index contributed by atoms with van der Waals surface area (Å²) in [5.74, 6) is 1.01. The molecule has 31 nitrogen and oxygen atoms in total. The number of anilines is 3. The molecule has 0 radical (unpaired) electrons. The summed E-state index contributed by atoms with van der Waals surface area (Å²) in [5.41, 5.74) is 25.8. The lowest BCUT2D eigenvalue weighted by Gasteiger charge is -2.09. The van der Waals surface area contributed by atoms with E-state index in [0.717, 1.165) is 140 Å². The number of carbonyl (C=O) groups excluding carboxylic acids is 4. The molecule has 0 spiro atoms. The van der Waals surface area contributed by atoms with Crippen molar-refractivity contribution >= 4 is 129 Å². The van der Waals surface area contributed by atoms with Gasteiger partial charge in [0.05, 0.1) is 101 Å². The van der Waals surface area contributed by atoms with Crippen LogP contribution >= 0.6 is 0 Å². The van der Waals surface area contributed by atoms with Crippen molar-refractivity contribution in [2.75, 3.05) is 16.0 Å². The monoisotopic (exact) mass is 1950 g/mol. The fourth-order valence-corrected chi connectivity index (χ4v) is 17.3. The van der Waals surface area contributed by atoms with Gasteiger partial charge in [-0.3, -0.25) is 59.5 Å². The highest BCUT2D eigenvalue weighted by atomic mass is 19.1. The van der Waals surface area contributed by atoms with Crippen LogP contribution in [-0.2, 0) is 25.6 Å². The molecular weight excluding hydrogens is 1860 g/mol. The number of imidazole rings is 4. The van der Waals surface area contributed by atoms with Crippen LogP contribution in [0.25, 0.3) is 223 Å². The summed E-state index contributed by atoms with van der Waals surface area (Å²) < 4.78 is 56.8. The Morgan fingerprint density at radius 3 is 0.993 bits per heavy atom. The van der Waals surface area contributed by atoms with Crippen molar-refractivity contribution in [1.82, 2.24) is 121 Å². The number of hydrogen-bond donors (Lipinski definition) is 11. The molecule has 16 heterocycles. The van der Waals surface area contributed by atoms with Gasteiger partial charge in [0.2, 0.25) is 17.7 Å². The van der Waals surface area contributed by atoms with Crippen LogP contribution in [-0.4, -0.2) is 144 Å². The summed E-state index contributed by atoms with van der Waals surface area (Å²) in [7, 11) is 0. The third kappa shape index (κ3) is 19.2. The van der Waals surface area contributed by atoms with E-state index in [0.29, 0.717) is 132 Å². The van der Waals surface area contributed by atoms with Gasteiger partial charge in [0.1, 0.15) is 51.8 Å². The highest BCUT2D eigenvalue weighted by molar-refractivity contribution is 6.04. The number of hydrogen-bond acceptors (Lipinski definition) is 20. The SMILES string of the molecule is CC(C)C(=O)Nc1cncc(-c2cnc3n[nH]c(-c4nc5c(-c6cccc(F)c6)cccc5[nH]4)c3c2)c1.CC(C)C(=O)Nc1cncc(-c2cnc3n[nH]c(-c4nc5c(-c6ccccc6F)cccc5[nH]4)c3c2)c1.CCC(=O)Cc1ccc(-c2cnc3n[nH]c(-c4nc5c(-c6ccccc6F)cccc5[nH]4)c3c2)cn1.O=C(Nc1cncc(-c2cnc3n[nH]c(-c4nc5c(-c6cccc(F)c6)cccc5[nH]4)c3c2)c1)C1CC1. The van der Waals surface area contributed by atoms with Gasteiger partial charge in [-0.05, 0) is 133 Å². The molecule has 1 aliphatic carbocycles. The summed E-state index contributed by atoms with van der Waals surface area (Å²) in [4.78, 5) is 116. The Kier molecular flexibility index (Phi) is 24.9. The molecule has 1 saturated carbocycles. The van der Waals surface area contributed by atoms with Crippen LogP contribution in [0, 0.1) is 41.0 Å². The lowest BCUT2D eigenvalue weighted by molar-refractivity contribution is -0.119. The molecule has 147 heavy (non-hydrogen) atoms. The predicted molar refractivity (Wildman–Crippen MR) is 558 cm³/mol. The average molecular weight is 1950 g/mol. The van der Waals surface area contributed by atoms with E-state index >= 15 is 0 Å². The van der Waals surface area contributed by atoms with E-state index in [-0.39, 0.29) is 64.5 Å². The zero-order chi connectivity index (χ0) is 101. The lowest BCUT2D eigenvalue weighted by atomic mass is 10.0. The summed E-state index contributed by atoms with van der Waals surface area (Å²) in [6.07, 6.45) is 21.4. The number of nitrogens with zero attached hydrogens (tertiary/aromatic N) is 16. The van der Waals surface area contributed by atoms with E-state index in [1.165, 1.54) is 36.4 Å². The molecule has 1 aliphatic rings. The minimum absolute atomic E-state index is 0.0344. The number of para-hydroxylation sites is 4. The number of rotatable bonds is 21. The van der Waals surface area contributed by atoms with Crippen LogP contribution in [0.15, 0.2) is 293 Å². The Labute approximate surface area is 832 Å². The molecule has 24 aromatic rings. The van der Waals surface area contributed by atoms with Gasteiger partial charge >= 0.3 is 0 Å².